The van der Waals surface area contributed by atoms with E-state index >= 15 is 0 Å². The van der Waals surface area contributed by atoms with Gasteiger partial charge in [-0.1, -0.05) is 36.4 Å². The summed E-state index contributed by atoms with van der Waals surface area (Å²) in [6.45, 7) is 5.70. The summed E-state index contributed by atoms with van der Waals surface area (Å²) in [6, 6.07) is 14.9. The van der Waals surface area contributed by atoms with Crippen LogP contribution in [0.4, 0.5) is 0 Å². The molecule has 3 unspecified atom stereocenters. The number of ketones is 1. The molecule has 158 valence electrons. The van der Waals surface area contributed by atoms with Crippen molar-refractivity contribution in [3.63, 3.8) is 0 Å². The van der Waals surface area contributed by atoms with Gasteiger partial charge in [-0.3, -0.25) is 24.7 Å². The number of nitrogens with one attached hydrogen (secondary N) is 1. The van der Waals surface area contributed by atoms with Crippen LogP contribution in [0.25, 0.3) is 0 Å². The zero-order valence-corrected chi connectivity index (χ0v) is 17.5. The van der Waals surface area contributed by atoms with Crippen LogP contribution in [0.5, 0.6) is 0 Å². The van der Waals surface area contributed by atoms with E-state index in [0.29, 0.717) is 28.9 Å². The summed E-state index contributed by atoms with van der Waals surface area (Å²) in [6.07, 6.45) is 1.46. The van der Waals surface area contributed by atoms with Crippen LogP contribution < -0.4 is 5.32 Å². The molecule has 6 heteroatoms. The molecule has 0 aliphatic carbocycles. The monoisotopic (exact) mass is 407 g/mol. The zero-order valence-electron chi connectivity index (χ0n) is 17.5. The van der Waals surface area contributed by atoms with E-state index in [0.717, 1.165) is 32.6 Å². The van der Waals surface area contributed by atoms with E-state index in [1.165, 1.54) is 5.56 Å². The molecule has 0 aromatic heterocycles. The van der Waals surface area contributed by atoms with Crippen molar-refractivity contribution in [2.45, 2.75) is 31.5 Å². The second kappa shape index (κ2) is 8.68. The Labute approximate surface area is 177 Å². The van der Waals surface area contributed by atoms with Crippen molar-refractivity contribution >= 4 is 11.8 Å². The van der Waals surface area contributed by atoms with Gasteiger partial charge in [0.1, 0.15) is 6.29 Å². The van der Waals surface area contributed by atoms with Crippen molar-refractivity contribution < 1.29 is 14.7 Å². The molecule has 2 aliphatic heterocycles. The Hall–Kier alpha value is -2.54. The highest BCUT2D eigenvalue weighted by Crippen LogP contribution is 2.27. The van der Waals surface area contributed by atoms with Gasteiger partial charge in [0.05, 0.1) is 5.92 Å². The van der Waals surface area contributed by atoms with Crippen molar-refractivity contribution in [1.82, 2.24) is 15.1 Å². The summed E-state index contributed by atoms with van der Waals surface area (Å²) in [5.41, 5.74) is 2.99. The number of hydrogen-bond acceptors (Lipinski definition) is 5. The maximum Gasteiger partial charge on any atom is 0.310 e. The predicted octanol–water partition coefficient (Wildman–Crippen LogP) is 2.71. The number of likely N-dealkylation sites (N-methyl/N-ethyl adjacent to an activating group) is 1. The SMILES string of the molecule is CC(C(=O)O)c1cccc(C(=O)c2cccc(C3CN(C)C4NCCCN4C3)c2)c1. The molecule has 0 saturated carbocycles. The minimum absolute atomic E-state index is 0.0713. The molecule has 4 rings (SSSR count). The third kappa shape index (κ3) is 4.17. The Balaban J connectivity index is 1.56. The number of carbonyl (C=O) groups is 2. The maximum atomic E-state index is 13.1. The molecular weight excluding hydrogens is 378 g/mol. The van der Waals surface area contributed by atoms with Gasteiger partial charge in [0, 0.05) is 36.7 Å². The summed E-state index contributed by atoms with van der Waals surface area (Å²) in [7, 11) is 2.15. The van der Waals surface area contributed by atoms with E-state index in [4.69, 9.17) is 0 Å². The highest BCUT2D eigenvalue weighted by atomic mass is 16.4. The van der Waals surface area contributed by atoms with Gasteiger partial charge in [-0.15, -0.1) is 0 Å². The molecule has 2 heterocycles. The van der Waals surface area contributed by atoms with Gasteiger partial charge in [0.2, 0.25) is 0 Å². The molecule has 6 nitrogen and oxygen atoms in total. The van der Waals surface area contributed by atoms with Crippen molar-refractivity contribution in [1.29, 1.82) is 0 Å². The fourth-order valence-corrected chi connectivity index (χ4v) is 4.58. The average molecular weight is 408 g/mol. The molecule has 2 saturated heterocycles. The molecule has 2 N–H and O–H groups in total. The van der Waals surface area contributed by atoms with Crippen LogP contribution in [-0.4, -0.2) is 66.2 Å². The molecule has 0 bridgehead atoms. The van der Waals surface area contributed by atoms with Crippen molar-refractivity contribution in [3.8, 4) is 0 Å². The first-order chi connectivity index (χ1) is 14.4. The summed E-state index contributed by atoms with van der Waals surface area (Å²) in [4.78, 5) is 29.3. The molecule has 2 fully saturated rings. The smallest absolute Gasteiger partial charge is 0.310 e. The zero-order chi connectivity index (χ0) is 21.3. The lowest BCUT2D eigenvalue weighted by molar-refractivity contribution is -0.138. The molecule has 0 amide bonds. The summed E-state index contributed by atoms with van der Waals surface area (Å²) in [5.74, 6) is -1.27. The van der Waals surface area contributed by atoms with Crippen molar-refractivity contribution in [3.05, 3.63) is 70.8 Å². The number of carboxylic acid groups (broad SMARTS) is 1. The van der Waals surface area contributed by atoms with Crippen LogP contribution in [0.3, 0.4) is 0 Å². The lowest BCUT2D eigenvalue weighted by Gasteiger charge is -2.48. The van der Waals surface area contributed by atoms with Crippen molar-refractivity contribution in [2.75, 3.05) is 33.2 Å². The number of carboxylic acids is 1. The molecule has 3 atom stereocenters. The minimum atomic E-state index is -0.895. The normalized spacial score (nSPS) is 23.5. The molecule has 30 heavy (non-hydrogen) atoms. The van der Waals surface area contributed by atoms with E-state index in [2.05, 4.69) is 28.2 Å². The first-order valence-corrected chi connectivity index (χ1v) is 10.6. The Kier molecular flexibility index (Phi) is 5.99. The molecule has 0 radical (unpaired) electrons. The fourth-order valence-electron chi connectivity index (χ4n) is 4.58. The third-order valence-electron chi connectivity index (χ3n) is 6.32. The molecule has 2 aromatic carbocycles. The van der Waals surface area contributed by atoms with Gasteiger partial charge in [0.15, 0.2) is 5.78 Å². The first-order valence-electron chi connectivity index (χ1n) is 10.6. The molecule has 0 spiro atoms. The summed E-state index contributed by atoms with van der Waals surface area (Å²) >= 11 is 0. The summed E-state index contributed by atoms with van der Waals surface area (Å²) < 4.78 is 0. The topological polar surface area (TPSA) is 72.9 Å². The second-order valence-corrected chi connectivity index (χ2v) is 8.45. The number of fused-ring (bicyclic) bond motifs is 1. The Bertz CT molecular complexity index is 945. The van der Waals surface area contributed by atoms with E-state index < -0.39 is 11.9 Å². The quantitative estimate of drug-likeness (QED) is 0.743. The number of benzene rings is 2. The van der Waals surface area contributed by atoms with Gasteiger partial charge in [-0.2, -0.15) is 0 Å². The standard InChI is InChI=1S/C24H29N3O3/c1-16(23(29)30)17-6-3-8-19(12-17)22(28)20-9-4-7-18(13-20)21-14-26(2)24-25-10-5-11-27(24)15-21/h3-4,6-9,12-13,16,21,24-25H,5,10-11,14-15H2,1-2H3,(H,29,30). The molecule has 2 aromatic rings. The van der Waals surface area contributed by atoms with Crippen LogP contribution in [-0.2, 0) is 4.79 Å². The van der Waals surface area contributed by atoms with Gasteiger partial charge < -0.3 is 5.11 Å². The van der Waals surface area contributed by atoms with Crippen LogP contribution >= 0.6 is 0 Å². The largest absolute Gasteiger partial charge is 0.481 e. The number of aliphatic carboxylic acids is 1. The minimum Gasteiger partial charge on any atom is -0.481 e. The van der Waals surface area contributed by atoms with E-state index in [1.54, 1.807) is 31.2 Å². The van der Waals surface area contributed by atoms with Crippen LogP contribution in [0, 0.1) is 0 Å². The van der Waals surface area contributed by atoms with Crippen molar-refractivity contribution in [2.24, 2.45) is 0 Å². The Morgan fingerprint density at radius 3 is 2.60 bits per heavy atom. The van der Waals surface area contributed by atoms with Crippen LogP contribution in [0.2, 0.25) is 0 Å². The van der Waals surface area contributed by atoms with Gasteiger partial charge in [-0.05, 0) is 50.2 Å². The lowest BCUT2D eigenvalue weighted by Crippen LogP contribution is -2.64. The lowest BCUT2D eigenvalue weighted by atomic mass is 9.91. The number of hydrogen-bond donors (Lipinski definition) is 2. The van der Waals surface area contributed by atoms with Gasteiger partial charge >= 0.3 is 5.97 Å². The second-order valence-electron chi connectivity index (χ2n) is 8.45. The number of nitrogens with zero attached hydrogens (tertiary/aromatic N) is 2. The molecular formula is C24H29N3O3. The number of rotatable bonds is 5. The highest BCUT2D eigenvalue weighted by molar-refractivity contribution is 6.09. The maximum absolute atomic E-state index is 13.1. The number of carbonyl (C=O) groups excluding carboxylic acids is 1. The van der Waals surface area contributed by atoms with Gasteiger partial charge in [0.25, 0.3) is 0 Å². The first kappa shape index (κ1) is 20.7. The molecule has 2 aliphatic rings. The Morgan fingerprint density at radius 2 is 1.83 bits per heavy atom. The van der Waals surface area contributed by atoms with Crippen LogP contribution in [0.1, 0.15) is 52.2 Å². The Morgan fingerprint density at radius 1 is 1.10 bits per heavy atom. The fraction of sp³-hybridized carbons (Fsp3) is 0.417. The van der Waals surface area contributed by atoms with E-state index in [1.807, 2.05) is 18.2 Å². The average Bonchev–Trinajstić information content (AvgIpc) is 2.78. The predicted molar refractivity (Wildman–Crippen MR) is 116 cm³/mol. The summed E-state index contributed by atoms with van der Waals surface area (Å²) in [5, 5.41) is 12.8. The third-order valence-corrected chi connectivity index (χ3v) is 6.32. The highest BCUT2D eigenvalue weighted by Gasteiger charge is 2.34. The van der Waals surface area contributed by atoms with Crippen LogP contribution in [0.15, 0.2) is 48.5 Å². The van der Waals surface area contributed by atoms with Gasteiger partial charge in [-0.25, -0.2) is 0 Å². The van der Waals surface area contributed by atoms with E-state index in [-0.39, 0.29) is 5.78 Å². The van der Waals surface area contributed by atoms with E-state index in [9.17, 15) is 14.7 Å².